The molecule has 6 fully saturated rings. The molecule has 0 saturated carbocycles. The smallest absolute Gasteiger partial charge is 0.303 e. The number of rotatable bonds is 12. The van der Waals surface area contributed by atoms with Crippen LogP contribution in [-0.4, -0.2) is 146 Å². The molecule has 6 saturated heterocycles. The molecule has 6 heterocycles. The van der Waals surface area contributed by atoms with Gasteiger partial charge >= 0.3 is 11.9 Å². The van der Waals surface area contributed by atoms with E-state index in [1.54, 1.807) is 19.1 Å². The standard InChI is InChI=1S/C22H36O8.C21H34O9.S5/c1-9-10-24-20-12(3)16(18(14(5)26-20)27-15(6)23)28-21-19-17(11(2)13(4)25-21)29-22(7,8)30-19;1-8-9-24-19-14(23)17(16(12(4)26-19)27-13(5)22)28-20-18-15(10(2)11(3)25-20)29-21(6,7)30-18;1-3-5-4-2/h9,11-14,16-21H,1,10H2,2-8H3;8,10-12,14-20,23H,1,9H2,2-7H3;/t11-,12+,13?,14?,16?,17?,18-,19-,20-,21-;10-,11?,12?,14+,15?,16-,17?,18-,19-,20-;/m00./s1. The summed E-state index contributed by atoms with van der Waals surface area (Å²) in [6.45, 7) is 31.5. The van der Waals surface area contributed by atoms with Crippen LogP contribution in [0.15, 0.2) is 25.3 Å². The number of fused-ring (bicyclic) bond motifs is 2. The molecule has 22 heteroatoms. The first-order valence-electron chi connectivity index (χ1n) is 21.9. The van der Waals surface area contributed by atoms with Crippen LogP contribution >= 0.6 is 0 Å². The molecule has 20 atom stereocenters. The highest BCUT2D eigenvalue weighted by Gasteiger charge is 2.58. The van der Waals surface area contributed by atoms with Gasteiger partial charge in [-0.25, -0.2) is 0 Å². The minimum absolute atomic E-state index is 0.0821. The van der Waals surface area contributed by atoms with Gasteiger partial charge < -0.3 is 71.4 Å². The zero-order valence-electron chi connectivity index (χ0n) is 39.6. The van der Waals surface area contributed by atoms with E-state index in [1.165, 1.54) is 40.5 Å². The SMILES string of the molecule is C=CCO[C@H]1OC(C)[C@H](OC(C)=O)C(O[C@@H]2OC(C)[C@H](C)C3OC(C)(C)O[C@@H]32)[C@H]1C.C=CCO[C@H]1OC(C)[C@H](OC(C)=O)C(O[C@@H]2OC(C)[C@H](C)C3OC(C)(C)O[C@@H]32)[C@H]1O.S=S=S=S=S. The minimum atomic E-state index is -1.22. The van der Waals surface area contributed by atoms with E-state index in [0.29, 0.717) is 6.61 Å². The molecule has 0 bridgehead atoms. The van der Waals surface area contributed by atoms with Gasteiger partial charge in [-0.2, -0.15) is 0 Å². The Morgan fingerprint density at radius 2 is 0.938 bits per heavy atom. The fourth-order valence-electron chi connectivity index (χ4n) is 8.61. The summed E-state index contributed by atoms with van der Waals surface area (Å²) in [7, 11) is 3.95. The maximum atomic E-state index is 11.8. The molecule has 0 aromatic heterocycles. The Labute approximate surface area is 402 Å². The number of carbonyl (C=O) groups excluding carboxylic acids is 2. The summed E-state index contributed by atoms with van der Waals surface area (Å²) in [6.07, 6.45) is -6.43. The van der Waals surface area contributed by atoms with E-state index < -0.39 is 97.5 Å². The molecular weight excluding hydrogens is 949 g/mol. The molecule has 0 aliphatic carbocycles. The van der Waals surface area contributed by atoms with E-state index in [1.807, 2.05) is 62.3 Å². The third kappa shape index (κ3) is 15.0. The van der Waals surface area contributed by atoms with Gasteiger partial charge in [0, 0.05) is 80.6 Å². The maximum absolute atomic E-state index is 11.8. The number of carbonyl (C=O) groups is 2. The van der Waals surface area contributed by atoms with Crippen molar-refractivity contribution in [3.63, 3.8) is 0 Å². The zero-order valence-corrected chi connectivity index (χ0v) is 43.6. The van der Waals surface area contributed by atoms with Gasteiger partial charge in [-0.3, -0.25) is 9.59 Å². The lowest BCUT2D eigenvalue weighted by Crippen LogP contribution is -2.62. The van der Waals surface area contributed by atoms with Crippen molar-refractivity contribution < 1.29 is 81.0 Å². The van der Waals surface area contributed by atoms with Crippen LogP contribution in [-0.2, 0) is 125 Å². The first-order valence-corrected chi connectivity index (χ1v) is 27.2. The van der Waals surface area contributed by atoms with Gasteiger partial charge in [0.15, 0.2) is 48.9 Å². The van der Waals surface area contributed by atoms with Gasteiger partial charge in [0.1, 0.15) is 30.5 Å². The summed E-state index contributed by atoms with van der Waals surface area (Å²) >= 11 is 8.89. The lowest BCUT2D eigenvalue weighted by molar-refractivity contribution is -0.344. The third-order valence-corrected chi connectivity index (χ3v) is 16.4. The number of ether oxygens (including phenoxy) is 14. The molecular formula is C43H70O17S5. The highest BCUT2D eigenvalue weighted by Crippen LogP contribution is 2.44. The summed E-state index contributed by atoms with van der Waals surface area (Å²) < 4.78 is 83.4. The van der Waals surface area contributed by atoms with Crippen LogP contribution in [0.2, 0.25) is 0 Å². The van der Waals surface area contributed by atoms with E-state index in [0.717, 1.165) is 0 Å². The topological polar surface area (TPSA) is 184 Å². The molecule has 0 radical (unpaired) electrons. The Bertz CT molecular complexity index is 1610. The number of hydrogen-bond acceptors (Lipinski definition) is 19. The van der Waals surface area contributed by atoms with Gasteiger partial charge in [-0.15, -0.1) is 13.2 Å². The van der Waals surface area contributed by atoms with Gasteiger partial charge in [-0.1, -0.05) is 32.9 Å². The molecule has 1 N–H and O–H groups in total. The van der Waals surface area contributed by atoms with Crippen molar-refractivity contribution in [2.24, 2.45) is 17.8 Å². The van der Waals surface area contributed by atoms with E-state index in [-0.39, 0.29) is 54.9 Å². The van der Waals surface area contributed by atoms with Crippen LogP contribution < -0.4 is 0 Å². The highest BCUT2D eigenvalue weighted by molar-refractivity contribution is 8.59. The number of aliphatic hydroxyl groups is 1. The average molecular weight is 1020 g/mol. The summed E-state index contributed by atoms with van der Waals surface area (Å²) in [4.78, 5) is 23.4. The fraction of sp³-hybridized carbons (Fsp3) is 0.860. The highest BCUT2D eigenvalue weighted by atomic mass is 33.3. The molecule has 17 nitrogen and oxygen atoms in total. The third-order valence-electron chi connectivity index (χ3n) is 11.9. The van der Waals surface area contributed by atoms with Gasteiger partial charge in [0.25, 0.3) is 0 Å². The second-order valence-electron chi connectivity index (χ2n) is 17.8. The van der Waals surface area contributed by atoms with Gasteiger partial charge in [0.2, 0.25) is 0 Å². The Balaban J connectivity index is 0.000000258. The van der Waals surface area contributed by atoms with Crippen molar-refractivity contribution in [2.75, 3.05) is 13.2 Å². The van der Waals surface area contributed by atoms with Crippen LogP contribution in [0, 0.1) is 17.8 Å². The van der Waals surface area contributed by atoms with Crippen molar-refractivity contribution >= 4 is 61.0 Å². The monoisotopic (exact) mass is 1020 g/mol. The zero-order chi connectivity index (χ0) is 48.6. The fourth-order valence-corrected chi connectivity index (χ4v) is 11.4. The van der Waals surface area contributed by atoms with Gasteiger partial charge in [0.05, 0.1) is 49.8 Å². The molecule has 0 aromatic rings. The molecule has 6 aliphatic heterocycles. The average Bonchev–Trinajstić information content (AvgIpc) is 3.75. The first-order chi connectivity index (χ1) is 30.5. The Morgan fingerprint density at radius 1 is 0.569 bits per heavy atom. The number of hydrogen-bond donors (Lipinski definition) is 1. The van der Waals surface area contributed by atoms with Crippen LogP contribution in [0.25, 0.3) is 0 Å². The molecule has 0 aromatic carbocycles. The lowest BCUT2D eigenvalue weighted by Gasteiger charge is -2.47. The van der Waals surface area contributed by atoms with Gasteiger partial charge in [-0.05, 0) is 55.4 Å². The molecule has 0 spiro atoms. The van der Waals surface area contributed by atoms with Crippen LogP contribution in [0.3, 0.4) is 0 Å². The largest absolute Gasteiger partial charge is 0.457 e. The summed E-state index contributed by atoms with van der Waals surface area (Å²) in [5, 5.41) is 10.9. The van der Waals surface area contributed by atoms with Crippen LogP contribution in [0.5, 0.6) is 0 Å². The Morgan fingerprint density at radius 3 is 1.34 bits per heavy atom. The van der Waals surface area contributed by atoms with E-state index in [4.69, 9.17) is 66.3 Å². The molecule has 6 aliphatic rings. The Kier molecular flexibility index (Phi) is 22.0. The minimum Gasteiger partial charge on any atom is -0.457 e. The normalized spacial score (nSPS) is 42.5. The molecule has 0 amide bonds. The lowest BCUT2D eigenvalue weighted by atomic mass is 9.90. The predicted octanol–water partition coefficient (Wildman–Crippen LogP) is 4.29. The second-order valence-corrected chi connectivity index (χ2v) is 23.1. The van der Waals surface area contributed by atoms with Crippen molar-refractivity contribution in [3.8, 4) is 0 Å². The van der Waals surface area contributed by atoms with Crippen LogP contribution in [0.1, 0.15) is 90.0 Å². The van der Waals surface area contributed by atoms with E-state index >= 15 is 0 Å². The quantitative estimate of drug-likeness (QED) is 0.216. The summed E-state index contributed by atoms with van der Waals surface area (Å²) in [5.41, 5.74) is 0. The summed E-state index contributed by atoms with van der Waals surface area (Å²) in [6, 6.07) is 0. The first kappa shape index (κ1) is 56.6. The summed E-state index contributed by atoms with van der Waals surface area (Å²) in [5.74, 6) is -2.40. The molecule has 374 valence electrons. The maximum Gasteiger partial charge on any atom is 0.303 e. The van der Waals surface area contributed by atoms with Crippen LogP contribution in [0.4, 0.5) is 0 Å². The molecule has 8 unspecified atom stereocenters. The van der Waals surface area contributed by atoms with E-state index in [9.17, 15) is 14.7 Å². The predicted molar refractivity (Wildman–Crippen MR) is 248 cm³/mol. The molecule has 6 rings (SSSR count). The second kappa shape index (κ2) is 25.2. The number of aliphatic hydroxyl groups excluding tert-OH is 1. The van der Waals surface area contributed by atoms with Crippen molar-refractivity contribution in [1.29, 1.82) is 0 Å². The van der Waals surface area contributed by atoms with E-state index in [2.05, 4.69) is 42.5 Å². The van der Waals surface area contributed by atoms with Crippen molar-refractivity contribution in [3.05, 3.63) is 25.3 Å². The van der Waals surface area contributed by atoms with Crippen molar-refractivity contribution in [1.82, 2.24) is 0 Å². The van der Waals surface area contributed by atoms with Crippen molar-refractivity contribution in [2.45, 2.75) is 206 Å². The number of esters is 2. The Hall–Kier alpha value is -1.00. The molecule has 65 heavy (non-hydrogen) atoms.